The summed E-state index contributed by atoms with van der Waals surface area (Å²) < 4.78 is 2.40. The van der Waals surface area contributed by atoms with Gasteiger partial charge in [-0.2, -0.15) is 0 Å². The van der Waals surface area contributed by atoms with Gasteiger partial charge in [-0.25, -0.2) is 0 Å². The molecule has 8 aromatic carbocycles. The quantitative estimate of drug-likeness (QED) is 0.181. The van der Waals surface area contributed by atoms with Crippen molar-refractivity contribution in [2.45, 2.75) is 25.0 Å². The highest BCUT2D eigenvalue weighted by atomic mass is 32.2. The Balaban J connectivity index is 1.24. The van der Waals surface area contributed by atoms with Crippen LogP contribution in [-0.4, -0.2) is 4.57 Å². The molecule has 0 aliphatic carbocycles. The molecule has 9 aromatic rings. The first-order valence-electron chi connectivity index (χ1n) is 17.8. The Kier molecular flexibility index (Phi) is 6.70. The molecule has 0 saturated carbocycles. The van der Waals surface area contributed by atoms with Crippen LogP contribution in [0.3, 0.4) is 0 Å². The number of nitrogens with zero attached hydrogens (tertiary/aromatic N) is 1. The van der Waals surface area contributed by atoms with Crippen LogP contribution in [0, 0.1) is 0 Å². The number of benzene rings is 8. The lowest BCUT2D eigenvalue weighted by atomic mass is 9.62. The van der Waals surface area contributed by atoms with Gasteiger partial charge in [-0.3, -0.25) is 0 Å². The Morgan fingerprint density at radius 2 is 0.962 bits per heavy atom. The minimum atomic E-state index is -0.525. The summed E-state index contributed by atoms with van der Waals surface area (Å²) in [6.45, 7) is 0. The molecule has 11 rings (SSSR count). The molecule has 2 aliphatic rings. The van der Waals surface area contributed by atoms with Gasteiger partial charge in [0.15, 0.2) is 0 Å². The summed E-state index contributed by atoms with van der Waals surface area (Å²) in [4.78, 5) is 5.24. The van der Waals surface area contributed by atoms with Crippen LogP contribution in [0.5, 0.6) is 0 Å². The van der Waals surface area contributed by atoms with Crippen LogP contribution >= 0.6 is 23.5 Å². The van der Waals surface area contributed by atoms with E-state index in [2.05, 4.69) is 193 Å². The van der Waals surface area contributed by atoms with Crippen LogP contribution in [0.2, 0.25) is 0 Å². The molecule has 0 bridgehead atoms. The third-order valence-corrected chi connectivity index (χ3v) is 13.2. The fraction of sp³-hybridized carbons (Fsp3) is 0.0204. The summed E-state index contributed by atoms with van der Waals surface area (Å²) >= 11 is 3.80. The van der Waals surface area contributed by atoms with Gasteiger partial charge >= 0.3 is 0 Å². The first kappa shape index (κ1) is 29.9. The van der Waals surface area contributed by atoms with Crippen molar-refractivity contribution in [3.8, 4) is 27.9 Å². The molecule has 3 heteroatoms. The molecule has 1 nitrogen and oxygen atoms in total. The molecule has 1 spiro atoms. The molecule has 3 heterocycles. The van der Waals surface area contributed by atoms with Crippen molar-refractivity contribution in [2.24, 2.45) is 0 Å². The molecule has 0 saturated heterocycles. The highest BCUT2D eigenvalue weighted by molar-refractivity contribution is 8.00. The molecule has 52 heavy (non-hydrogen) atoms. The number of rotatable bonds is 3. The monoisotopic (exact) mass is 697 g/mol. The standard InChI is InChI=1S/C49H31NS2/c1-3-14-32(15-4-1)33-27-29-46-41(31-33)49(39-20-8-11-23-44(39)51-46)40-21-9-12-24-45(40)52-47-25-13-19-36(48(47)49)34-26-28-43-38(30-34)37-18-7-10-22-42(37)50(43)35-16-5-2-6-17-35/h1-31H. The lowest BCUT2D eigenvalue weighted by molar-refractivity contribution is 0.669. The summed E-state index contributed by atoms with van der Waals surface area (Å²) in [5.41, 5.74) is 13.5. The average Bonchev–Trinajstić information content (AvgIpc) is 3.55. The number of fused-ring (bicyclic) bond motifs is 11. The van der Waals surface area contributed by atoms with Gasteiger partial charge < -0.3 is 4.57 Å². The highest BCUT2D eigenvalue weighted by Gasteiger charge is 2.50. The van der Waals surface area contributed by atoms with Crippen molar-refractivity contribution in [2.75, 3.05) is 0 Å². The third kappa shape index (κ3) is 4.27. The van der Waals surface area contributed by atoms with Gasteiger partial charge in [0, 0.05) is 36.0 Å². The number of hydrogen-bond acceptors (Lipinski definition) is 2. The van der Waals surface area contributed by atoms with E-state index in [1.54, 1.807) is 0 Å². The minimum Gasteiger partial charge on any atom is -0.309 e. The van der Waals surface area contributed by atoms with E-state index in [0.717, 1.165) is 0 Å². The van der Waals surface area contributed by atoms with Crippen LogP contribution in [-0.2, 0) is 5.41 Å². The largest absolute Gasteiger partial charge is 0.309 e. The lowest BCUT2D eigenvalue weighted by Gasteiger charge is -2.46. The summed E-state index contributed by atoms with van der Waals surface area (Å²) in [5.74, 6) is 0. The summed E-state index contributed by atoms with van der Waals surface area (Å²) in [7, 11) is 0. The Hall–Kier alpha value is -5.74. The van der Waals surface area contributed by atoms with Gasteiger partial charge in [0.05, 0.1) is 16.4 Å². The smallest absolute Gasteiger partial charge is 0.0751 e. The van der Waals surface area contributed by atoms with Crippen molar-refractivity contribution in [3.05, 3.63) is 210 Å². The average molecular weight is 698 g/mol. The van der Waals surface area contributed by atoms with E-state index in [1.807, 2.05) is 23.5 Å². The van der Waals surface area contributed by atoms with E-state index in [-0.39, 0.29) is 0 Å². The van der Waals surface area contributed by atoms with Gasteiger partial charge in [-0.15, -0.1) is 0 Å². The Labute approximate surface area is 311 Å². The zero-order chi connectivity index (χ0) is 34.2. The molecule has 244 valence electrons. The maximum absolute atomic E-state index is 2.48. The van der Waals surface area contributed by atoms with Crippen molar-refractivity contribution >= 4 is 45.3 Å². The predicted molar refractivity (Wildman–Crippen MR) is 218 cm³/mol. The molecule has 0 fully saturated rings. The normalized spacial score (nSPS) is 15.6. The van der Waals surface area contributed by atoms with Crippen LogP contribution in [0.1, 0.15) is 22.3 Å². The van der Waals surface area contributed by atoms with Gasteiger partial charge in [0.2, 0.25) is 0 Å². The fourth-order valence-electron chi connectivity index (χ4n) is 8.77. The van der Waals surface area contributed by atoms with E-state index in [1.165, 1.54) is 91.6 Å². The van der Waals surface area contributed by atoms with Crippen LogP contribution in [0.25, 0.3) is 49.7 Å². The molecule has 0 radical (unpaired) electrons. The molecule has 1 atom stereocenters. The molecular formula is C49H31NS2. The van der Waals surface area contributed by atoms with Gasteiger partial charge in [-0.1, -0.05) is 151 Å². The number of hydrogen-bond donors (Lipinski definition) is 0. The van der Waals surface area contributed by atoms with Crippen molar-refractivity contribution in [1.29, 1.82) is 0 Å². The van der Waals surface area contributed by atoms with Gasteiger partial charge in [0.1, 0.15) is 0 Å². The molecule has 0 amide bonds. The number of aromatic nitrogens is 1. The third-order valence-electron chi connectivity index (χ3n) is 10.9. The van der Waals surface area contributed by atoms with E-state index in [9.17, 15) is 0 Å². The zero-order valence-electron chi connectivity index (χ0n) is 28.2. The Morgan fingerprint density at radius 3 is 1.75 bits per heavy atom. The fourth-order valence-corrected chi connectivity index (χ4v) is 11.2. The second-order valence-electron chi connectivity index (χ2n) is 13.6. The van der Waals surface area contributed by atoms with E-state index >= 15 is 0 Å². The second kappa shape index (κ2) is 11.6. The van der Waals surface area contributed by atoms with E-state index < -0.39 is 5.41 Å². The molecule has 1 unspecified atom stereocenters. The van der Waals surface area contributed by atoms with Gasteiger partial charge in [0.25, 0.3) is 0 Å². The van der Waals surface area contributed by atoms with Crippen molar-refractivity contribution in [3.63, 3.8) is 0 Å². The van der Waals surface area contributed by atoms with E-state index in [4.69, 9.17) is 0 Å². The van der Waals surface area contributed by atoms with E-state index in [0.29, 0.717) is 0 Å². The maximum atomic E-state index is 2.48. The molecule has 0 N–H and O–H groups in total. The van der Waals surface area contributed by atoms with Gasteiger partial charge in [-0.05, 0) is 105 Å². The van der Waals surface area contributed by atoms with Crippen LogP contribution < -0.4 is 0 Å². The Bertz CT molecular complexity index is 2810. The summed E-state index contributed by atoms with van der Waals surface area (Å²) in [6.07, 6.45) is 0. The zero-order valence-corrected chi connectivity index (χ0v) is 29.8. The summed E-state index contributed by atoms with van der Waals surface area (Å²) in [5, 5.41) is 2.53. The SMILES string of the molecule is c1ccc(-c2ccc3c(c2)C2(c4ccccc4S3)c3ccccc3Sc3cccc(-c4ccc5c(c4)c4ccccc4n5-c4ccccc4)c32)cc1. The van der Waals surface area contributed by atoms with Crippen molar-refractivity contribution in [1.82, 2.24) is 4.57 Å². The maximum Gasteiger partial charge on any atom is 0.0751 e. The van der Waals surface area contributed by atoms with Crippen LogP contribution in [0.15, 0.2) is 208 Å². The molecule has 1 aromatic heterocycles. The molecule has 2 aliphatic heterocycles. The lowest BCUT2D eigenvalue weighted by Crippen LogP contribution is -2.37. The predicted octanol–water partition coefficient (Wildman–Crippen LogP) is 13.4. The highest BCUT2D eigenvalue weighted by Crippen LogP contribution is 2.63. The first-order valence-corrected chi connectivity index (χ1v) is 19.4. The van der Waals surface area contributed by atoms with Crippen LogP contribution in [0.4, 0.5) is 0 Å². The summed E-state index contributed by atoms with van der Waals surface area (Å²) in [6, 6.07) is 69.8. The molecular weight excluding hydrogens is 667 g/mol. The minimum absolute atomic E-state index is 0.525. The number of para-hydroxylation sites is 2. The first-order chi connectivity index (χ1) is 25.8. The topological polar surface area (TPSA) is 4.93 Å². The second-order valence-corrected chi connectivity index (χ2v) is 15.8. The Morgan fingerprint density at radius 1 is 0.365 bits per heavy atom. The van der Waals surface area contributed by atoms with Crippen molar-refractivity contribution < 1.29 is 0 Å².